The average molecular weight is 301 g/mol. The molecular weight excluding hydrogens is 282 g/mol. The zero-order chi connectivity index (χ0) is 14.2. The van der Waals surface area contributed by atoms with Crippen LogP contribution >= 0.6 is 11.3 Å². The lowest BCUT2D eigenvalue weighted by Crippen LogP contribution is -2.47. The number of fused-ring (bicyclic) bond motifs is 2. The van der Waals surface area contributed by atoms with E-state index in [4.69, 9.17) is 0 Å². The van der Waals surface area contributed by atoms with Gasteiger partial charge in [-0.1, -0.05) is 6.07 Å². The van der Waals surface area contributed by atoms with Crippen LogP contribution in [0.4, 0.5) is 0 Å². The summed E-state index contributed by atoms with van der Waals surface area (Å²) in [4.78, 5) is 16.0. The predicted octanol–water partition coefficient (Wildman–Crippen LogP) is 2.88. The maximum Gasteiger partial charge on any atom is 0.228 e. The van der Waals surface area contributed by atoms with Crippen molar-refractivity contribution in [1.29, 1.82) is 0 Å². The molecule has 21 heavy (non-hydrogen) atoms. The van der Waals surface area contributed by atoms with Crippen molar-refractivity contribution in [3.63, 3.8) is 0 Å². The van der Waals surface area contributed by atoms with Crippen molar-refractivity contribution in [2.75, 3.05) is 0 Å². The van der Waals surface area contributed by atoms with E-state index in [-0.39, 0.29) is 0 Å². The minimum Gasteiger partial charge on any atom is -0.336 e. The van der Waals surface area contributed by atoms with E-state index in [0.29, 0.717) is 30.5 Å². The second-order valence-corrected chi connectivity index (χ2v) is 7.09. The van der Waals surface area contributed by atoms with Gasteiger partial charge < -0.3 is 4.90 Å². The highest BCUT2D eigenvalue weighted by Crippen LogP contribution is 2.40. The molecule has 5 heteroatoms. The number of thiophene rings is 1. The zero-order valence-electron chi connectivity index (χ0n) is 11.9. The van der Waals surface area contributed by atoms with E-state index in [2.05, 4.69) is 20.7 Å². The van der Waals surface area contributed by atoms with E-state index in [1.165, 1.54) is 4.88 Å². The summed E-state index contributed by atoms with van der Waals surface area (Å²) in [5.74, 6) is 0.309. The molecule has 0 radical (unpaired) electrons. The van der Waals surface area contributed by atoms with E-state index in [1.807, 2.05) is 29.9 Å². The lowest BCUT2D eigenvalue weighted by atomic mass is 9.97. The third-order valence-electron chi connectivity index (χ3n) is 4.80. The normalized spacial score (nSPS) is 28.0. The summed E-state index contributed by atoms with van der Waals surface area (Å²) in [7, 11) is 0. The highest BCUT2D eigenvalue weighted by molar-refractivity contribution is 7.10. The van der Waals surface area contributed by atoms with Crippen LogP contribution in [-0.2, 0) is 11.2 Å². The van der Waals surface area contributed by atoms with Crippen LogP contribution in [-0.4, -0.2) is 32.7 Å². The van der Waals surface area contributed by atoms with Crippen molar-refractivity contribution in [2.24, 2.45) is 0 Å². The number of aromatic nitrogens is 2. The molecule has 0 saturated carbocycles. The topological polar surface area (TPSA) is 38.1 Å². The summed E-state index contributed by atoms with van der Waals surface area (Å²) in [6.07, 6.45) is 8.86. The molecule has 0 N–H and O–H groups in total. The van der Waals surface area contributed by atoms with Gasteiger partial charge in [-0.3, -0.25) is 9.48 Å². The van der Waals surface area contributed by atoms with Crippen molar-refractivity contribution < 1.29 is 4.79 Å². The summed E-state index contributed by atoms with van der Waals surface area (Å²) in [5.41, 5.74) is 0. The van der Waals surface area contributed by atoms with Crippen molar-refractivity contribution in [1.82, 2.24) is 14.7 Å². The first-order valence-corrected chi connectivity index (χ1v) is 8.52. The lowest BCUT2D eigenvalue weighted by Gasteiger charge is -2.39. The molecule has 0 aromatic carbocycles. The van der Waals surface area contributed by atoms with Crippen LogP contribution in [0.2, 0.25) is 0 Å². The summed E-state index contributed by atoms with van der Waals surface area (Å²) < 4.78 is 2.08. The number of piperidine rings is 1. The third-order valence-corrected chi connectivity index (χ3v) is 5.68. The van der Waals surface area contributed by atoms with Gasteiger partial charge >= 0.3 is 0 Å². The molecule has 2 atom stereocenters. The van der Waals surface area contributed by atoms with Crippen LogP contribution in [0.1, 0.15) is 36.6 Å². The highest BCUT2D eigenvalue weighted by Gasteiger charge is 2.43. The number of hydrogen-bond acceptors (Lipinski definition) is 3. The molecule has 2 aliphatic heterocycles. The Kier molecular flexibility index (Phi) is 3.30. The second-order valence-electron chi connectivity index (χ2n) is 6.05. The smallest absolute Gasteiger partial charge is 0.228 e. The van der Waals surface area contributed by atoms with Crippen LogP contribution < -0.4 is 0 Å². The molecule has 0 aliphatic carbocycles. The summed E-state index contributed by atoms with van der Waals surface area (Å²) in [6, 6.07) is 7.34. The van der Waals surface area contributed by atoms with Gasteiger partial charge in [0.15, 0.2) is 0 Å². The van der Waals surface area contributed by atoms with Crippen LogP contribution in [0.25, 0.3) is 0 Å². The Bertz CT molecular complexity index is 594. The van der Waals surface area contributed by atoms with Crippen molar-refractivity contribution in [2.45, 2.75) is 50.2 Å². The quantitative estimate of drug-likeness (QED) is 0.874. The standard InChI is InChI=1S/C16H19N3OS/c20-16(11-15-3-1-8-21-15)19-12-4-5-13(19)10-14(9-12)18-7-2-6-17-18/h1-3,6-8,12-14H,4-5,9-11H2. The Hall–Kier alpha value is -1.62. The molecular formula is C16H19N3OS. The number of carbonyl (C=O) groups excluding carboxylic acids is 1. The minimum atomic E-state index is 0.309. The van der Waals surface area contributed by atoms with Gasteiger partial charge in [0.1, 0.15) is 0 Å². The number of carbonyl (C=O) groups is 1. The fourth-order valence-electron chi connectivity index (χ4n) is 3.92. The van der Waals surface area contributed by atoms with Gasteiger partial charge in [0.2, 0.25) is 5.91 Å². The van der Waals surface area contributed by atoms with Gasteiger partial charge in [-0.05, 0) is 43.2 Å². The van der Waals surface area contributed by atoms with Crippen LogP contribution in [0.15, 0.2) is 36.0 Å². The predicted molar refractivity (Wildman–Crippen MR) is 82.2 cm³/mol. The lowest BCUT2D eigenvalue weighted by molar-refractivity contribution is -0.135. The van der Waals surface area contributed by atoms with E-state index >= 15 is 0 Å². The molecule has 2 fully saturated rings. The van der Waals surface area contributed by atoms with E-state index in [0.717, 1.165) is 25.7 Å². The molecule has 4 nitrogen and oxygen atoms in total. The monoisotopic (exact) mass is 301 g/mol. The molecule has 2 aliphatic rings. The van der Waals surface area contributed by atoms with E-state index in [9.17, 15) is 4.79 Å². The maximum absolute atomic E-state index is 12.6. The Morgan fingerprint density at radius 1 is 1.24 bits per heavy atom. The summed E-state index contributed by atoms with van der Waals surface area (Å²) in [5, 5.41) is 6.42. The second kappa shape index (κ2) is 5.30. The SMILES string of the molecule is O=C(Cc1cccs1)N1C2CCC1CC(n1cccn1)C2. The fourth-order valence-corrected chi connectivity index (χ4v) is 4.62. The maximum atomic E-state index is 12.6. The van der Waals surface area contributed by atoms with Crippen LogP contribution in [0.5, 0.6) is 0 Å². The molecule has 1 amide bonds. The molecule has 4 heterocycles. The first-order valence-electron chi connectivity index (χ1n) is 7.64. The molecule has 4 rings (SSSR count). The molecule has 0 spiro atoms. The molecule has 110 valence electrons. The van der Waals surface area contributed by atoms with Crippen LogP contribution in [0.3, 0.4) is 0 Å². The first kappa shape index (κ1) is 13.1. The molecule has 2 bridgehead atoms. The highest BCUT2D eigenvalue weighted by atomic mass is 32.1. The molecule has 2 unspecified atom stereocenters. The fraction of sp³-hybridized carbons (Fsp3) is 0.500. The van der Waals surface area contributed by atoms with Gasteiger partial charge in [-0.2, -0.15) is 5.10 Å². The summed E-state index contributed by atoms with van der Waals surface area (Å²) in [6.45, 7) is 0. The van der Waals surface area contributed by atoms with Gasteiger partial charge in [0, 0.05) is 29.4 Å². The largest absolute Gasteiger partial charge is 0.336 e. The summed E-state index contributed by atoms with van der Waals surface area (Å²) >= 11 is 1.68. The Morgan fingerprint density at radius 2 is 2.05 bits per heavy atom. The zero-order valence-corrected chi connectivity index (χ0v) is 12.7. The van der Waals surface area contributed by atoms with Crippen molar-refractivity contribution in [3.05, 3.63) is 40.8 Å². The van der Waals surface area contributed by atoms with Gasteiger partial charge in [0.05, 0.1) is 12.5 Å². The van der Waals surface area contributed by atoms with E-state index in [1.54, 1.807) is 11.3 Å². The van der Waals surface area contributed by atoms with Crippen molar-refractivity contribution >= 4 is 17.2 Å². The van der Waals surface area contributed by atoms with Crippen LogP contribution in [0, 0.1) is 0 Å². The molecule has 2 aromatic rings. The Balaban J connectivity index is 1.48. The number of nitrogens with zero attached hydrogens (tertiary/aromatic N) is 3. The number of amides is 1. The third kappa shape index (κ3) is 2.39. The average Bonchev–Trinajstić information content (AvgIpc) is 3.20. The van der Waals surface area contributed by atoms with Gasteiger partial charge in [0.25, 0.3) is 0 Å². The first-order chi connectivity index (χ1) is 10.3. The van der Waals surface area contributed by atoms with Crippen molar-refractivity contribution in [3.8, 4) is 0 Å². The number of rotatable bonds is 3. The number of hydrogen-bond donors (Lipinski definition) is 0. The Labute approximate surface area is 128 Å². The van der Waals surface area contributed by atoms with Gasteiger partial charge in [-0.15, -0.1) is 11.3 Å². The molecule has 2 saturated heterocycles. The van der Waals surface area contributed by atoms with E-state index < -0.39 is 0 Å². The van der Waals surface area contributed by atoms with Gasteiger partial charge in [-0.25, -0.2) is 0 Å². The molecule has 2 aromatic heterocycles. The minimum absolute atomic E-state index is 0.309. The Morgan fingerprint density at radius 3 is 2.67 bits per heavy atom.